The Morgan fingerprint density at radius 1 is 1.15 bits per heavy atom. The minimum atomic E-state index is -0.912. The number of allylic oxidation sites excluding steroid dienone is 1. The van der Waals surface area contributed by atoms with Crippen LogP contribution >= 0.6 is 0 Å². The van der Waals surface area contributed by atoms with E-state index in [0.717, 1.165) is 63.1 Å². The number of aromatic carboxylic acids is 1. The molecule has 2 aromatic carbocycles. The molecule has 1 N–H and O–H groups in total. The number of aryl methyl sites for hydroxylation is 1. The molecule has 0 fully saturated rings. The number of unbranched alkanes of at least 4 members (excludes halogenated alkanes) is 1. The van der Waals surface area contributed by atoms with E-state index in [1.54, 1.807) is 12.1 Å². The Hall–Kier alpha value is -1.11. The van der Waals surface area contributed by atoms with E-state index >= 15 is 0 Å². The Bertz CT molecular complexity index is 817. The third-order valence-corrected chi connectivity index (χ3v) is 5.72. The molecule has 34 heavy (non-hydrogen) atoms. The van der Waals surface area contributed by atoms with Gasteiger partial charge in [-0.3, -0.25) is 0 Å². The SMILES string of the molecule is C=CCCC(CC)CN(CC)c1cc(C(=O)O)ccc1OCCCCc1ccccc1.CC.[H-].[K+]. The van der Waals surface area contributed by atoms with Crippen molar-refractivity contribution in [3.8, 4) is 5.75 Å². The van der Waals surface area contributed by atoms with Gasteiger partial charge in [0.05, 0.1) is 17.9 Å². The van der Waals surface area contributed by atoms with Gasteiger partial charge in [-0.1, -0.05) is 63.6 Å². The van der Waals surface area contributed by atoms with Crippen molar-refractivity contribution in [3.05, 3.63) is 72.3 Å². The molecule has 5 heteroatoms. The summed E-state index contributed by atoms with van der Waals surface area (Å²) in [5.41, 5.74) is 2.52. The van der Waals surface area contributed by atoms with Crippen LogP contribution in [0.15, 0.2) is 61.2 Å². The number of carbonyl (C=O) groups is 1. The summed E-state index contributed by atoms with van der Waals surface area (Å²) in [4.78, 5) is 13.8. The second-order valence-electron chi connectivity index (χ2n) is 7.96. The topological polar surface area (TPSA) is 49.8 Å². The van der Waals surface area contributed by atoms with Crippen molar-refractivity contribution in [1.29, 1.82) is 0 Å². The molecule has 184 valence electrons. The maximum Gasteiger partial charge on any atom is 1.00 e. The van der Waals surface area contributed by atoms with Crippen LogP contribution in [0.4, 0.5) is 5.69 Å². The molecule has 4 nitrogen and oxygen atoms in total. The van der Waals surface area contributed by atoms with E-state index in [4.69, 9.17) is 4.74 Å². The minimum Gasteiger partial charge on any atom is -1.00 e. The average Bonchev–Trinajstić information content (AvgIpc) is 2.86. The van der Waals surface area contributed by atoms with Gasteiger partial charge in [0.2, 0.25) is 0 Å². The Morgan fingerprint density at radius 2 is 1.85 bits per heavy atom. The number of rotatable bonds is 15. The summed E-state index contributed by atoms with van der Waals surface area (Å²) in [6.45, 7) is 14.5. The first-order valence-corrected chi connectivity index (χ1v) is 12.5. The molecule has 0 aliphatic heterocycles. The maximum atomic E-state index is 11.6. The summed E-state index contributed by atoms with van der Waals surface area (Å²) >= 11 is 0. The molecule has 0 radical (unpaired) electrons. The summed E-state index contributed by atoms with van der Waals surface area (Å²) in [7, 11) is 0. The summed E-state index contributed by atoms with van der Waals surface area (Å²) in [5.74, 6) is 0.390. The molecule has 0 amide bonds. The van der Waals surface area contributed by atoms with Crippen LogP contribution in [-0.4, -0.2) is 30.8 Å². The van der Waals surface area contributed by atoms with Crippen molar-refractivity contribution in [3.63, 3.8) is 0 Å². The van der Waals surface area contributed by atoms with Crippen molar-refractivity contribution in [1.82, 2.24) is 0 Å². The van der Waals surface area contributed by atoms with Gasteiger partial charge in [0.1, 0.15) is 5.75 Å². The van der Waals surface area contributed by atoms with Crippen LogP contribution in [-0.2, 0) is 6.42 Å². The molecule has 0 saturated carbocycles. The van der Waals surface area contributed by atoms with Crippen molar-refractivity contribution >= 4 is 11.7 Å². The van der Waals surface area contributed by atoms with Gasteiger partial charge in [-0.05, 0) is 68.7 Å². The predicted molar refractivity (Wildman–Crippen MR) is 142 cm³/mol. The zero-order chi connectivity index (χ0) is 24.5. The molecular weight excluding hydrogens is 449 g/mol. The van der Waals surface area contributed by atoms with E-state index in [1.165, 1.54) is 5.56 Å². The third-order valence-electron chi connectivity index (χ3n) is 5.72. The summed E-state index contributed by atoms with van der Waals surface area (Å²) in [5, 5.41) is 9.48. The standard InChI is InChI=1S/C27H37NO3.C2H6.K.H/c1-4-7-13-22(5-2)21-28(6-3)25-20-24(27(29)30)17-18-26(25)31-19-12-11-16-23-14-9-8-10-15-23;1-2;;/h4,8-10,14-15,17-18,20,22H,1,5-7,11-13,16,19,21H2,2-3H3,(H,29,30);1-2H3;;/q;;+1;-1. The van der Waals surface area contributed by atoms with Gasteiger partial charge in [-0.15, -0.1) is 6.58 Å². The van der Waals surface area contributed by atoms with Gasteiger partial charge in [-0.25, -0.2) is 4.79 Å². The van der Waals surface area contributed by atoms with Crippen LogP contribution < -0.4 is 61.0 Å². The molecule has 0 bridgehead atoms. The Labute approximate surface area is 251 Å². The van der Waals surface area contributed by atoms with Gasteiger partial charge in [0, 0.05) is 13.1 Å². The van der Waals surface area contributed by atoms with Crippen LogP contribution in [0.5, 0.6) is 5.75 Å². The van der Waals surface area contributed by atoms with E-state index in [-0.39, 0.29) is 52.8 Å². The van der Waals surface area contributed by atoms with Crippen LogP contribution in [0.2, 0.25) is 0 Å². The van der Waals surface area contributed by atoms with Crippen molar-refractivity contribution in [2.75, 3.05) is 24.6 Å². The van der Waals surface area contributed by atoms with E-state index in [9.17, 15) is 9.90 Å². The fourth-order valence-electron chi connectivity index (χ4n) is 3.77. The molecule has 1 atom stereocenters. The van der Waals surface area contributed by atoms with Crippen molar-refractivity contribution in [2.45, 2.75) is 66.2 Å². The minimum absolute atomic E-state index is 0. The van der Waals surface area contributed by atoms with Crippen LogP contribution in [0.1, 0.15) is 77.1 Å². The smallest absolute Gasteiger partial charge is 1.00 e. The van der Waals surface area contributed by atoms with Crippen LogP contribution in [0.3, 0.4) is 0 Å². The monoisotopic (exact) mass is 493 g/mol. The van der Waals surface area contributed by atoms with Gasteiger partial charge >= 0.3 is 57.4 Å². The van der Waals surface area contributed by atoms with Crippen LogP contribution in [0.25, 0.3) is 0 Å². The molecule has 0 aliphatic carbocycles. The number of anilines is 1. The second kappa shape index (κ2) is 20.1. The zero-order valence-corrected chi connectivity index (χ0v) is 25.2. The van der Waals surface area contributed by atoms with Crippen LogP contribution in [0, 0.1) is 5.92 Å². The molecule has 0 saturated heterocycles. The van der Waals surface area contributed by atoms with Crippen molar-refractivity contribution in [2.24, 2.45) is 5.92 Å². The Morgan fingerprint density at radius 3 is 2.44 bits per heavy atom. The second-order valence-corrected chi connectivity index (χ2v) is 7.96. The molecule has 0 heterocycles. The van der Waals surface area contributed by atoms with E-state index in [0.29, 0.717) is 18.1 Å². The van der Waals surface area contributed by atoms with Crippen molar-refractivity contribution < 1.29 is 67.4 Å². The molecule has 2 rings (SSSR count). The van der Waals surface area contributed by atoms with Gasteiger partial charge < -0.3 is 16.2 Å². The number of hydrogen-bond acceptors (Lipinski definition) is 3. The maximum absolute atomic E-state index is 11.6. The predicted octanol–water partition coefficient (Wildman–Crippen LogP) is 4.75. The van der Waals surface area contributed by atoms with Gasteiger partial charge in [0.15, 0.2) is 0 Å². The molecule has 0 aromatic heterocycles. The molecular formula is C29H44KNO3. The summed E-state index contributed by atoms with van der Waals surface area (Å²) in [6.07, 6.45) is 8.19. The molecule has 0 spiro atoms. The molecule has 1 unspecified atom stereocenters. The third kappa shape index (κ3) is 12.0. The first-order valence-electron chi connectivity index (χ1n) is 12.5. The van der Waals surface area contributed by atoms with E-state index in [2.05, 4.69) is 49.6 Å². The number of ether oxygens (including phenoxy) is 1. The largest absolute Gasteiger partial charge is 1.00 e. The first-order chi connectivity index (χ1) is 16.1. The van der Waals surface area contributed by atoms with E-state index < -0.39 is 5.97 Å². The fourth-order valence-corrected chi connectivity index (χ4v) is 3.77. The summed E-state index contributed by atoms with van der Waals surface area (Å²) in [6, 6.07) is 15.7. The fraction of sp³-hybridized carbons (Fsp3) is 0.483. The number of nitrogens with zero attached hydrogens (tertiary/aromatic N) is 1. The average molecular weight is 494 g/mol. The quantitative estimate of drug-likeness (QED) is 0.221. The number of carboxylic acid groups (broad SMARTS) is 1. The first kappa shape index (κ1) is 32.9. The normalized spacial score (nSPS) is 10.8. The number of benzene rings is 2. The Kier molecular flexibility index (Phi) is 19.5. The molecule has 2 aromatic rings. The molecule has 0 aliphatic rings. The van der Waals surface area contributed by atoms with E-state index in [1.807, 2.05) is 32.1 Å². The zero-order valence-electron chi connectivity index (χ0n) is 23.1. The summed E-state index contributed by atoms with van der Waals surface area (Å²) < 4.78 is 6.14. The van der Waals surface area contributed by atoms with Gasteiger partial charge in [-0.2, -0.15) is 0 Å². The number of hydrogen-bond donors (Lipinski definition) is 1. The Balaban J connectivity index is 0. The van der Waals surface area contributed by atoms with Gasteiger partial charge in [0.25, 0.3) is 0 Å². The number of carboxylic acids is 1.